The summed E-state index contributed by atoms with van der Waals surface area (Å²) in [4.78, 5) is 0. The first kappa shape index (κ1) is 54.7. The third-order valence-corrected chi connectivity index (χ3v) is 45.8. The van der Waals surface area contributed by atoms with Gasteiger partial charge in [0.1, 0.15) is 0 Å². The topological polar surface area (TPSA) is 27.7 Å². The van der Waals surface area contributed by atoms with Gasteiger partial charge in [-0.3, -0.25) is 0 Å². The fourth-order valence-electron chi connectivity index (χ4n) is 9.14. The number of aryl methyl sites for hydroxylation is 2. The second kappa shape index (κ2) is 33.2. The second-order valence-corrected chi connectivity index (χ2v) is 40.4. The van der Waals surface area contributed by atoms with Crippen molar-refractivity contribution in [2.24, 2.45) is 0 Å². The Morgan fingerprint density at radius 3 is 0.864 bits per heavy atom. The molecule has 5 heteroatoms. The van der Waals surface area contributed by atoms with Gasteiger partial charge in [-0.25, -0.2) is 0 Å². The molecule has 0 aliphatic rings. The fraction of sp³-hybridized carbons (Fsp3) is 0.778. The van der Waals surface area contributed by atoms with Gasteiger partial charge in [0, 0.05) is 0 Å². The van der Waals surface area contributed by atoms with Crippen molar-refractivity contribution < 1.29 is 7.56 Å². The minimum atomic E-state index is -3.89. The predicted molar refractivity (Wildman–Crippen MR) is 266 cm³/mol. The van der Waals surface area contributed by atoms with E-state index in [9.17, 15) is 0 Å². The zero-order valence-electron chi connectivity index (χ0n) is 41.2. The van der Waals surface area contributed by atoms with Crippen LogP contribution in [0.3, 0.4) is 0 Å². The minimum absolute atomic E-state index is 1.13. The summed E-state index contributed by atoms with van der Waals surface area (Å²) in [7, 11) is 0. The molecule has 59 heavy (non-hydrogen) atoms. The van der Waals surface area contributed by atoms with E-state index < -0.39 is 38.4 Å². The normalized spacial score (nSPS) is 12.1. The van der Waals surface area contributed by atoms with Gasteiger partial charge >= 0.3 is 382 Å². The van der Waals surface area contributed by atoms with Gasteiger partial charge in [0.05, 0.1) is 0 Å². The Morgan fingerprint density at radius 1 is 0.322 bits per heavy atom. The molecular weight excluding hydrogens is 934 g/mol. The zero-order chi connectivity index (χ0) is 43.2. The Bertz CT molecular complexity index is 1220. The van der Waals surface area contributed by atoms with Crippen LogP contribution in [0.5, 0.6) is 11.5 Å². The summed E-state index contributed by atoms with van der Waals surface area (Å²) in [6.45, 7) is 23.3. The Morgan fingerprint density at radius 2 is 0.593 bits per heavy atom. The van der Waals surface area contributed by atoms with Crippen LogP contribution in [0.2, 0.25) is 17.7 Å². The number of unbranched alkanes of at least 4 members (excludes halogenated alkanes) is 20. The number of hydrogen-bond donors (Lipinski definition) is 0. The van der Waals surface area contributed by atoms with Gasteiger partial charge in [-0.2, -0.15) is 0 Å². The van der Waals surface area contributed by atoms with Gasteiger partial charge in [0.25, 0.3) is 0 Å². The molecule has 3 nitrogen and oxygen atoms in total. The molecule has 0 aromatic heterocycles. The van der Waals surface area contributed by atoms with E-state index in [2.05, 4.69) is 93.5 Å². The molecule has 0 N–H and O–H groups in total. The van der Waals surface area contributed by atoms with Crippen molar-refractivity contribution in [2.75, 3.05) is 0 Å². The molecule has 0 amide bonds. The molecule has 0 fully saturated rings. The summed E-state index contributed by atoms with van der Waals surface area (Å²) in [6.07, 6.45) is 36.1. The number of hydrogen-bond acceptors (Lipinski definition) is 3. The maximum absolute atomic E-state index is 8.47. The summed E-state index contributed by atoms with van der Waals surface area (Å²) in [5.41, 5.74) is 8.49. The zero-order valence-corrected chi connectivity index (χ0v) is 46.9. The van der Waals surface area contributed by atoms with Crippen LogP contribution in [-0.2, 0) is 14.3 Å². The summed E-state index contributed by atoms with van der Waals surface area (Å²) in [6, 6.07) is 9.47. The first-order valence-electron chi connectivity index (χ1n) is 25.9. The van der Waals surface area contributed by atoms with Gasteiger partial charge in [0.15, 0.2) is 0 Å². The molecule has 0 saturated carbocycles. The van der Waals surface area contributed by atoms with Crippen LogP contribution in [0.25, 0.3) is 0 Å². The predicted octanol–water partition coefficient (Wildman–Crippen LogP) is 18.6. The molecular formula is C54H98O3Sn2. The van der Waals surface area contributed by atoms with Crippen molar-refractivity contribution in [3.05, 3.63) is 57.6 Å². The molecule has 0 heterocycles. The SMILES string of the molecule is CCCCCCC[CH2][Sn]([CH2]CCCCCCC)([O]c1ccc(CCC)c(C)c1C)[O][Sn]([CH2]CCCCCCC)([CH2]CCCCCCC)[O]c1ccc(CCC)c(C)c1C. The Kier molecular flexibility index (Phi) is 30.8. The van der Waals surface area contributed by atoms with Crippen molar-refractivity contribution in [3.63, 3.8) is 0 Å². The average Bonchev–Trinajstić information content (AvgIpc) is 3.23. The van der Waals surface area contributed by atoms with E-state index in [4.69, 9.17) is 7.56 Å². The van der Waals surface area contributed by atoms with Gasteiger partial charge in [-0.1, -0.05) is 0 Å². The summed E-state index contributed by atoms with van der Waals surface area (Å²) < 4.78 is 28.9. The third kappa shape index (κ3) is 21.2. The van der Waals surface area contributed by atoms with Gasteiger partial charge in [-0.15, -0.1) is 0 Å². The van der Waals surface area contributed by atoms with Gasteiger partial charge in [-0.05, 0) is 0 Å². The number of rotatable bonds is 38. The van der Waals surface area contributed by atoms with Crippen LogP contribution in [0.15, 0.2) is 24.3 Å². The fourth-order valence-corrected chi connectivity index (χ4v) is 50.0. The first-order chi connectivity index (χ1) is 28.6. The molecule has 2 aromatic rings. The first-order valence-corrected chi connectivity index (χ1v) is 38.6. The Hall–Kier alpha value is -0.403. The summed E-state index contributed by atoms with van der Waals surface area (Å²) in [5.74, 6) is 2.26. The summed E-state index contributed by atoms with van der Waals surface area (Å²) in [5, 5.41) is 0. The Labute approximate surface area is 379 Å². The molecule has 0 aliphatic heterocycles. The van der Waals surface area contributed by atoms with E-state index in [0.29, 0.717) is 0 Å². The molecule has 0 spiro atoms. The summed E-state index contributed by atoms with van der Waals surface area (Å²) >= 11 is -7.78. The third-order valence-electron chi connectivity index (χ3n) is 13.3. The van der Waals surface area contributed by atoms with E-state index >= 15 is 0 Å². The van der Waals surface area contributed by atoms with Crippen LogP contribution in [0, 0.1) is 27.7 Å². The van der Waals surface area contributed by atoms with E-state index in [1.165, 1.54) is 200 Å². The average molecular weight is 1030 g/mol. The molecule has 0 atom stereocenters. The molecule has 0 unspecified atom stereocenters. The van der Waals surface area contributed by atoms with E-state index in [-0.39, 0.29) is 0 Å². The maximum atomic E-state index is 8.47. The molecule has 2 aromatic carbocycles. The van der Waals surface area contributed by atoms with E-state index in [1.54, 1.807) is 0 Å². The standard InChI is InChI=1S/2C11H16O.4C8H17.O.2Sn/c2*1-4-5-10-6-7-11(12)9(3)8(10)2;4*1-3-5-7-8-6-4-2;;;/h2*6-7,12H,4-5H2,1-3H3;4*1,3-8H2,2H3;;;/q;;;;;;;2*+1/p-2. The van der Waals surface area contributed by atoms with E-state index in [0.717, 1.165) is 42.1 Å². The van der Waals surface area contributed by atoms with Crippen LogP contribution >= 0.6 is 0 Å². The van der Waals surface area contributed by atoms with Gasteiger partial charge in [0.2, 0.25) is 0 Å². The number of benzene rings is 2. The van der Waals surface area contributed by atoms with Crippen molar-refractivity contribution in [1.82, 2.24) is 0 Å². The molecule has 0 bridgehead atoms. The Balaban J connectivity index is 2.79. The van der Waals surface area contributed by atoms with Gasteiger partial charge < -0.3 is 0 Å². The second-order valence-electron chi connectivity index (χ2n) is 18.6. The molecule has 2 rings (SSSR count). The molecule has 0 radical (unpaired) electrons. The van der Waals surface area contributed by atoms with Crippen molar-refractivity contribution in [3.8, 4) is 11.5 Å². The van der Waals surface area contributed by atoms with E-state index in [1.807, 2.05) is 0 Å². The van der Waals surface area contributed by atoms with Crippen LogP contribution in [-0.4, -0.2) is 38.4 Å². The molecule has 340 valence electrons. The van der Waals surface area contributed by atoms with Crippen molar-refractivity contribution in [1.29, 1.82) is 0 Å². The monoisotopic (exact) mass is 1030 g/mol. The van der Waals surface area contributed by atoms with Crippen LogP contribution < -0.4 is 6.15 Å². The molecule has 0 aliphatic carbocycles. The molecule has 0 saturated heterocycles. The van der Waals surface area contributed by atoms with Crippen molar-refractivity contribution in [2.45, 2.75) is 267 Å². The van der Waals surface area contributed by atoms with Crippen molar-refractivity contribution >= 4 is 38.4 Å². The quantitative estimate of drug-likeness (QED) is 0.0496. The van der Waals surface area contributed by atoms with Crippen LogP contribution in [0.4, 0.5) is 0 Å². The van der Waals surface area contributed by atoms with Crippen LogP contribution in [0.1, 0.15) is 242 Å².